The normalized spacial score (nSPS) is 13.0. The van der Waals surface area contributed by atoms with Crippen LogP contribution < -0.4 is 10.2 Å². The van der Waals surface area contributed by atoms with E-state index in [0.29, 0.717) is 17.7 Å². The minimum Gasteiger partial charge on any atom is -0.322 e. The zero-order valence-corrected chi connectivity index (χ0v) is 18.6. The standard InChI is InChI=1S/C27H28N2O2/c1-17-7-5-8-23(15-17)27(31)29-12-6-9-21-16-22(10-11-24(21)29)26(30)28-25-19(3)13-18(2)14-20(25)4/h5,7-8,10-11,13-16H,6,9,12H2,1-4H3,(H,28,30). The maximum Gasteiger partial charge on any atom is 0.258 e. The van der Waals surface area contributed by atoms with E-state index in [2.05, 4.69) is 24.4 Å². The van der Waals surface area contributed by atoms with Crippen molar-refractivity contribution in [3.05, 3.63) is 93.5 Å². The summed E-state index contributed by atoms with van der Waals surface area (Å²) < 4.78 is 0. The number of fused-ring (bicyclic) bond motifs is 1. The fraction of sp³-hybridized carbons (Fsp3) is 0.259. The van der Waals surface area contributed by atoms with Crippen LogP contribution in [0, 0.1) is 27.7 Å². The fourth-order valence-electron chi connectivity index (χ4n) is 4.45. The van der Waals surface area contributed by atoms with Crippen molar-refractivity contribution in [3.8, 4) is 0 Å². The third-order valence-electron chi connectivity index (χ3n) is 5.89. The van der Waals surface area contributed by atoms with Gasteiger partial charge in [-0.05, 0) is 87.6 Å². The maximum absolute atomic E-state index is 13.1. The molecular weight excluding hydrogens is 384 g/mol. The average molecular weight is 413 g/mol. The first-order chi connectivity index (χ1) is 14.8. The summed E-state index contributed by atoms with van der Waals surface area (Å²) >= 11 is 0. The zero-order valence-electron chi connectivity index (χ0n) is 18.6. The predicted octanol–water partition coefficient (Wildman–Crippen LogP) is 5.77. The number of aryl methyl sites for hydroxylation is 5. The quantitative estimate of drug-likeness (QED) is 0.594. The molecule has 0 radical (unpaired) electrons. The molecular formula is C27H28N2O2. The Morgan fingerprint density at radius 3 is 2.29 bits per heavy atom. The molecule has 0 aliphatic carbocycles. The Kier molecular flexibility index (Phi) is 5.64. The van der Waals surface area contributed by atoms with Crippen LogP contribution in [-0.4, -0.2) is 18.4 Å². The van der Waals surface area contributed by atoms with Crippen molar-refractivity contribution < 1.29 is 9.59 Å². The lowest BCUT2D eigenvalue weighted by atomic mass is 9.97. The third-order valence-corrected chi connectivity index (χ3v) is 5.89. The molecule has 3 aromatic rings. The van der Waals surface area contributed by atoms with Gasteiger partial charge in [-0.3, -0.25) is 9.59 Å². The third kappa shape index (κ3) is 4.24. The smallest absolute Gasteiger partial charge is 0.258 e. The first-order valence-corrected chi connectivity index (χ1v) is 10.7. The molecule has 0 spiro atoms. The summed E-state index contributed by atoms with van der Waals surface area (Å²) in [5.41, 5.74) is 8.47. The van der Waals surface area contributed by atoms with Crippen LogP contribution in [-0.2, 0) is 6.42 Å². The van der Waals surface area contributed by atoms with Crippen LogP contribution in [0.3, 0.4) is 0 Å². The molecule has 1 aliphatic rings. The molecule has 1 N–H and O–H groups in total. The number of nitrogens with one attached hydrogen (secondary N) is 1. The molecule has 0 fully saturated rings. The van der Waals surface area contributed by atoms with Crippen molar-refractivity contribution in [1.82, 2.24) is 0 Å². The summed E-state index contributed by atoms with van der Waals surface area (Å²) in [6.07, 6.45) is 1.74. The number of rotatable bonds is 3. The van der Waals surface area contributed by atoms with E-state index < -0.39 is 0 Å². The summed E-state index contributed by atoms with van der Waals surface area (Å²) in [6, 6.07) is 17.5. The number of carbonyl (C=O) groups excluding carboxylic acids is 2. The lowest BCUT2D eigenvalue weighted by Gasteiger charge is -2.30. The van der Waals surface area contributed by atoms with E-state index >= 15 is 0 Å². The highest BCUT2D eigenvalue weighted by molar-refractivity contribution is 6.08. The maximum atomic E-state index is 13.1. The Morgan fingerprint density at radius 1 is 0.839 bits per heavy atom. The molecule has 0 saturated heterocycles. The summed E-state index contributed by atoms with van der Waals surface area (Å²) in [6.45, 7) is 8.75. The van der Waals surface area contributed by atoms with E-state index in [1.54, 1.807) is 0 Å². The number of anilines is 2. The lowest BCUT2D eigenvalue weighted by molar-refractivity contribution is 0.0984. The SMILES string of the molecule is Cc1cccc(C(=O)N2CCCc3cc(C(=O)Nc4c(C)cc(C)cc4C)ccc32)c1. The van der Waals surface area contributed by atoms with Crippen LogP contribution in [0.5, 0.6) is 0 Å². The number of hydrogen-bond acceptors (Lipinski definition) is 2. The van der Waals surface area contributed by atoms with Crippen LogP contribution in [0.4, 0.5) is 11.4 Å². The first kappa shape index (κ1) is 20.9. The van der Waals surface area contributed by atoms with Gasteiger partial charge in [0.1, 0.15) is 0 Å². The van der Waals surface area contributed by atoms with Gasteiger partial charge in [0.05, 0.1) is 0 Å². The topological polar surface area (TPSA) is 49.4 Å². The highest BCUT2D eigenvalue weighted by atomic mass is 16.2. The van der Waals surface area contributed by atoms with Gasteiger partial charge in [0, 0.05) is 29.0 Å². The van der Waals surface area contributed by atoms with Gasteiger partial charge in [-0.1, -0.05) is 35.4 Å². The van der Waals surface area contributed by atoms with Crippen molar-refractivity contribution >= 4 is 23.2 Å². The highest BCUT2D eigenvalue weighted by Gasteiger charge is 2.24. The van der Waals surface area contributed by atoms with Crippen molar-refractivity contribution in [2.24, 2.45) is 0 Å². The minimum atomic E-state index is -0.125. The molecule has 0 bridgehead atoms. The molecule has 31 heavy (non-hydrogen) atoms. The van der Waals surface area contributed by atoms with Gasteiger partial charge >= 0.3 is 0 Å². The van der Waals surface area contributed by atoms with Crippen molar-refractivity contribution in [3.63, 3.8) is 0 Å². The van der Waals surface area contributed by atoms with E-state index in [0.717, 1.165) is 46.5 Å². The Hall–Kier alpha value is -3.40. The van der Waals surface area contributed by atoms with E-state index in [9.17, 15) is 9.59 Å². The molecule has 0 aromatic heterocycles. The summed E-state index contributed by atoms with van der Waals surface area (Å²) in [4.78, 5) is 27.9. The molecule has 1 aliphatic heterocycles. The Morgan fingerprint density at radius 2 is 1.58 bits per heavy atom. The number of carbonyl (C=O) groups is 2. The van der Waals surface area contributed by atoms with Crippen LogP contribution >= 0.6 is 0 Å². The largest absolute Gasteiger partial charge is 0.322 e. The van der Waals surface area contributed by atoms with Crippen LogP contribution in [0.15, 0.2) is 54.6 Å². The molecule has 4 heteroatoms. The van der Waals surface area contributed by atoms with Crippen LogP contribution in [0.1, 0.15) is 55.0 Å². The second kappa shape index (κ2) is 8.38. The van der Waals surface area contributed by atoms with Crippen molar-refractivity contribution in [2.45, 2.75) is 40.5 Å². The van der Waals surface area contributed by atoms with Crippen molar-refractivity contribution in [1.29, 1.82) is 0 Å². The van der Waals surface area contributed by atoms with Gasteiger partial charge in [0.25, 0.3) is 11.8 Å². The molecule has 1 heterocycles. The molecule has 4 nitrogen and oxygen atoms in total. The Bertz CT molecular complexity index is 1160. The molecule has 0 unspecified atom stereocenters. The Labute approximate surface area is 183 Å². The van der Waals surface area contributed by atoms with E-state index in [4.69, 9.17) is 0 Å². The summed E-state index contributed by atoms with van der Waals surface area (Å²) in [7, 11) is 0. The second-order valence-electron chi connectivity index (χ2n) is 8.50. The fourth-order valence-corrected chi connectivity index (χ4v) is 4.45. The number of hydrogen-bond donors (Lipinski definition) is 1. The summed E-state index contributed by atoms with van der Waals surface area (Å²) in [5.74, 6) is -0.118. The number of amides is 2. The minimum absolute atomic E-state index is 0.00718. The predicted molar refractivity (Wildman–Crippen MR) is 126 cm³/mol. The van der Waals surface area contributed by atoms with Gasteiger partial charge in [-0.25, -0.2) is 0 Å². The molecule has 158 valence electrons. The van der Waals surface area contributed by atoms with Gasteiger partial charge in [0.15, 0.2) is 0 Å². The van der Waals surface area contributed by atoms with Gasteiger partial charge in [0.2, 0.25) is 0 Å². The monoisotopic (exact) mass is 412 g/mol. The van der Waals surface area contributed by atoms with Gasteiger partial charge in [-0.2, -0.15) is 0 Å². The van der Waals surface area contributed by atoms with Gasteiger partial charge < -0.3 is 10.2 Å². The number of benzene rings is 3. The van der Waals surface area contributed by atoms with Crippen LogP contribution in [0.25, 0.3) is 0 Å². The zero-order chi connectivity index (χ0) is 22.1. The average Bonchev–Trinajstić information content (AvgIpc) is 2.74. The highest BCUT2D eigenvalue weighted by Crippen LogP contribution is 2.30. The molecule has 0 atom stereocenters. The van der Waals surface area contributed by atoms with E-state index in [1.165, 1.54) is 5.56 Å². The summed E-state index contributed by atoms with van der Waals surface area (Å²) in [5, 5.41) is 3.08. The molecule has 2 amide bonds. The Balaban J connectivity index is 1.60. The molecule has 0 saturated carbocycles. The second-order valence-corrected chi connectivity index (χ2v) is 8.50. The van der Waals surface area contributed by atoms with Gasteiger partial charge in [-0.15, -0.1) is 0 Å². The van der Waals surface area contributed by atoms with E-state index in [1.807, 2.05) is 68.1 Å². The lowest BCUT2D eigenvalue weighted by Crippen LogP contribution is -2.35. The van der Waals surface area contributed by atoms with Crippen molar-refractivity contribution in [2.75, 3.05) is 16.8 Å². The first-order valence-electron chi connectivity index (χ1n) is 10.7. The number of nitrogens with zero attached hydrogens (tertiary/aromatic N) is 1. The van der Waals surface area contributed by atoms with Crippen LogP contribution in [0.2, 0.25) is 0 Å². The molecule has 3 aromatic carbocycles. The molecule has 4 rings (SSSR count). The van der Waals surface area contributed by atoms with E-state index in [-0.39, 0.29) is 11.8 Å².